The Bertz CT molecular complexity index is 1280. The third kappa shape index (κ3) is 2.52. The first-order valence-corrected chi connectivity index (χ1v) is 9.99. The maximum absolute atomic E-state index is 12.6. The molecule has 4 heteroatoms. The fraction of sp³-hybridized carbons (Fsp3) is 0.125. The molecule has 28 heavy (non-hydrogen) atoms. The molecule has 138 valence electrons. The molecule has 0 saturated carbocycles. The summed E-state index contributed by atoms with van der Waals surface area (Å²) in [5, 5.41) is 3.10. The Labute approximate surface area is 170 Å². The van der Waals surface area contributed by atoms with Crippen LogP contribution in [0.4, 0.5) is 0 Å². The van der Waals surface area contributed by atoms with Gasteiger partial charge in [0.2, 0.25) is 0 Å². The van der Waals surface area contributed by atoms with Crippen molar-refractivity contribution in [3.63, 3.8) is 0 Å². The van der Waals surface area contributed by atoms with E-state index in [9.17, 15) is 4.79 Å². The summed E-state index contributed by atoms with van der Waals surface area (Å²) in [4.78, 5) is 12.6. The van der Waals surface area contributed by atoms with Crippen molar-refractivity contribution in [2.24, 2.45) is 0 Å². The molecule has 0 bridgehead atoms. The van der Waals surface area contributed by atoms with Crippen LogP contribution < -0.4 is 0 Å². The van der Waals surface area contributed by atoms with Gasteiger partial charge in [-0.25, -0.2) is 4.79 Å². The van der Waals surface area contributed by atoms with Gasteiger partial charge in [0.1, 0.15) is 11.3 Å². The molecular weight excluding hydrogens is 416 g/mol. The lowest BCUT2D eigenvalue weighted by Crippen LogP contribution is -2.04. The van der Waals surface area contributed by atoms with Crippen LogP contribution in [0.25, 0.3) is 38.9 Å². The van der Waals surface area contributed by atoms with E-state index in [4.69, 9.17) is 9.15 Å². The molecule has 1 aromatic heterocycles. The zero-order valence-electron chi connectivity index (χ0n) is 15.3. The van der Waals surface area contributed by atoms with E-state index in [1.165, 1.54) is 7.11 Å². The van der Waals surface area contributed by atoms with Crippen LogP contribution in [-0.4, -0.2) is 13.1 Å². The highest BCUT2D eigenvalue weighted by Crippen LogP contribution is 2.42. The van der Waals surface area contributed by atoms with E-state index in [-0.39, 0.29) is 5.97 Å². The summed E-state index contributed by atoms with van der Waals surface area (Å²) in [6.45, 7) is 0. The van der Waals surface area contributed by atoms with Gasteiger partial charge in [-0.1, -0.05) is 70.5 Å². The first-order chi connectivity index (χ1) is 13.7. The Balaban J connectivity index is 1.92. The molecule has 0 saturated heterocycles. The number of furan rings is 1. The van der Waals surface area contributed by atoms with Crippen LogP contribution in [0.5, 0.6) is 0 Å². The normalized spacial score (nSPS) is 13.1. The van der Waals surface area contributed by atoms with E-state index in [0.717, 1.165) is 61.5 Å². The summed E-state index contributed by atoms with van der Waals surface area (Å²) in [5.74, 6) is 0.639. The molecule has 0 aliphatic heterocycles. The molecule has 1 aliphatic rings. The van der Waals surface area contributed by atoms with E-state index in [1.807, 2.05) is 42.5 Å². The molecule has 0 amide bonds. The molecule has 0 spiro atoms. The Morgan fingerprint density at radius 3 is 2.68 bits per heavy atom. The van der Waals surface area contributed by atoms with E-state index in [0.29, 0.717) is 5.56 Å². The minimum Gasteiger partial charge on any atom is -0.465 e. The molecule has 1 aliphatic carbocycles. The fourth-order valence-electron chi connectivity index (χ4n) is 4.06. The van der Waals surface area contributed by atoms with Gasteiger partial charge >= 0.3 is 5.97 Å². The van der Waals surface area contributed by atoms with Crippen molar-refractivity contribution in [1.82, 2.24) is 0 Å². The van der Waals surface area contributed by atoms with Crippen LogP contribution >= 0.6 is 15.9 Å². The number of hydrogen-bond acceptors (Lipinski definition) is 3. The molecule has 0 radical (unpaired) electrons. The number of esters is 1. The zero-order valence-corrected chi connectivity index (χ0v) is 16.9. The Morgan fingerprint density at radius 1 is 1.07 bits per heavy atom. The third-order valence-corrected chi connectivity index (χ3v) is 5.98. The average molecular weight is 433 g/mol. The standard InChI is InChI=1S/C24H17BrO3/c1-27-24(26)19-13-20(25)14-7-2-3-9-16(14)22(19)18-11-6-10-17-15-8-4-5-12-21(15)28-23(17)18/h2-4,6-11,13H,5,12H2,1H3. The van der Waals surface area contributed by atoms with Crippen LogP contribution in [-0.2, 0) is 11.2 Å². The summed E-state index contributed by atoms with van der Waals surface area (Å²) in [5.41, 5.74) is 4.22. The quantitative estimate of drug-likeness (QED) is 0.328. The number of halogens is 1. The lowest BCUT2D eigenvalue weighted by Gasteiger charge is -2.14. The molecule has 0 N–H and O–H groups in total. The summed E-state index contributed by atoms with van der Waals surface area (Å²) >= 11 is 3.61. The number of carbonyl (C=O) groups excluding carboxylic acids is 1. The molecule has 5 rings (SSSR count). The fourth-order valence-corrected chi connectivity index (χ4v) is 4.64. The van der Waals surface area contributed by atoms with Crippen LogP contribution in [0.1, 0.15) is 28.1 Å². The summed E-state index contributed by atoms with van der Waals surface area (Å²) in [6.07, 6.45) is 6.19. The molecule has 3 aromatic carbocycles. The lowest BCUT2D eigenvalue weighted by molar-refractivity contribution is 0.0601. The molecular formula is C24H17BrO3. The number of ether oxygens (including phenoxy) is 1. The van der Waals surface area contributed by atoms with Crippen LogP contribution in [0.2, 0.25) is 0 Å². The van der Waals surface area contributed by atoms with Crippen molar-refractivity contribution >= 4 is 49.7 Å². The van der Waals surface area contributed by atoms with Gasteiger partial charge in [0.25, 0.3) is 0 Å². The minimum atomic E-state index is -0.366. The Kier molecular flexibility index (Phi) is 4.09. The Hall–Kier alpha value is -2.85. The van der Waals surface area contributed by atoms with Gasteiger partial charge in [0.15, 0.2) is 0 Å². The summed E-state index contributed by atoms with van der Waals surface area (Å²) < 4.78 is 12.3. The molecule has 0 fully saturated rings. The van der Waals surface area contributed by atoms with Crippen molar-refractivity contribution in [2.75, 3.05) is 7.11 Å². The first kappa shape index (κ1) is 17.3. The smallest absolute Gasteiger partial charge is 0.338 e. The largest absolute Gasteiger partial charge is 0.465 e. The van der Waals surface area contributed by atoms with Gasteiger partial charge in [-0.3, -0.25) is 0 Å². The summed E-state index contributed by atoms with van der Waals surface area (Å²) in [7, 11) is 1.41. The zero-order chi connectivity index (χ0) is 19.3. The number of aryl methyl sites for hydroxylation is 1. The summed E-state index contributed by atoms with van der Waals surface area (Å²) in [6, 6.07) is 16.0. The number of fused-ring (bicyclic) bond motifs is 4. The third-order valence-electron chi connectivity index (χ3n) is 5.32. The highest BCUT2D eigenvalue weighted by molar-refractivity contribution is 9.10. The highest BCUT2D eigenvalue weighted by Gasteiger charge is 2.23. The first-order valence-electron chi connectivity index (χ1n) is 9.20. The van der Waals surface area contributed by atoms with Gasteiger partial charge in [-0.05, 0) is 23.3 Å². The number of carbonyl (C=O) groups is 1. The van der Waals surface area contributed by atoms with Gasteiger partial charge in [-0.15, -0.1) is 0 Å². The van der Waals surface area contributed by atoms with Gasteiger partial charge in [0, 0.05) is 33.0 Å². The van der Waals surface area contributed by atoms with Gasteiger partial charge in [-0.2, -0.15) is 0 Å². The lowest BCUT2D eigenvalue weighted by atomic mass is 9.91. The van der Waals surface area contributed by atoms with Crippen molar-refractivity contribution in [3.05, 3.63) is 76.0 Å². The number of hydrogen-bond donors (Lipinski definition) is 0. The Morgan fingerprint density at radius 2 is 1.86 bits per heavy atom. The number of rotatable bonds is 2. The second-order valence-corrected chi connectivity index (χ2v) is 7.73. The van der Waals surface area contributed by atoms with Crippen molar-refractivity contribution in [2.45, 2.75) is 12.8 Å². The molecule has 3 nitrogen and oxygen atoms in total. The topological polar surface area (TPSA) is 39.4 Å². The van der Waals surface area contributed by atoms with E-state index < -0.39 is 0 Å². The second-order valence-electron chi connectivity index (χ2n) is 6.88. The monoisotopic (exact) mass is 432 g/mol. The SMILES string of the molecule is COC(=O)c1cc(Br)c2ccccc2c1-c1cccc2c3c(oc12)CCC=C3. The van der Waals surface area contributed by atoms with E-state index in [2.05, 4.69) is 34.1 Å². The van der Waals surface area contributed by atoms with Gasteiger partial charge < -0.3 is 9.15 Å². The average Bonchev–Trinajstić information content (AvgIpc) is 3.12. The molecule has 0 atom stereocenters. The van der Waals surface area contributed by atoms with Crippen LogP contribution in [0, 0.1) is 0 Å². The number of para-hydroxylation sites is 1. The highest BCUT2D eigenvalue weighted by atomic mass is 79.9. The maximum atomic E-state index is 12.6. The number of allylic oxidation sites excluding steroid dienone is 1. The molecule has 1 heterocycles. The van der Waals surface area contributed by atoms with Gasteiger partial charge in [0.05, 0.1) is 12.7 Å². The molecule has 4 aromatic rings. The van der Waals surface area contributed by atoms with Crippen molar-refractivity contribution < 1.29 is 13.9 Å². The maximum Gasteiger partial charge on any atom is 0.338 e. The van der Waals surface area contributed by atoms with Crippen molar-refractivity contribution in [3.8, 4) is 11.1 Å². The van der Waals surface area contributed by atoms with E-state index >= 15 is 0 Å². The number of benzene rings is 3. The predicted molar refractivity (Wildman–Crippen MR) is 116 cm³/mol. The second kappa shape index (κ2) is 6.64. The van der Waals surface area contributed by atoms with E-state index in [1.54, 1.807) is 0 Å². The van der Waals surface area contributed by atoms with Crippen molar-refractivity contribution in [1.29, 1.82) is 0 Å². The minimum absolute atomic E-state index is 0.366. The van der Waals surface area contributed by atoms with Crippen LogP contribution in [0.3, 0.4) is 0 Å². The molecule has 0 unspecified atom stereocenters. The predicted octanol–water partition coefficient (Wildman–Crippen LogP) is 6.76. The number of methoxy groups -OCH3 is 1. The van der Waals surface area contributed by atoms with Crippen LogP contribution in [0.15, 0.2) is 63.5 Å².